The summed E-state index contributed by atoms with van der Waals surface area (Å²) in [6.07, 6.45) is 0. The number of rotatable bonds is 4. The average molecular weight is 386 g/mol. The number of aromatic hydroxyl groups is 1. The fraction of sp³-hybridized carbons (Fsp3) is 0.0714. The van der Waals surface area contributed by atoms with Crippen LogP contribution in [0.5, 0.6) is 5.75 Å². The number of anilines is 1. The van der Waals surface area contributed by atoms with E-state index in [9.17, 15) is 18.3 Å². The van der Waals surface area contributed by atoms with Gasteiger partial charge in [-0.1, -0.05) is 22.0 Å². The Hall–Kier alpha value is -2.06. The van der Waals surface area contributed by atoms with Crippen LogP contribution >= 0.6 is 15.9 Å². The van der Waals surface area contributed by atoms with E-state index in [4.69, 9.17) is 5.11 Å². The minimum atomic E-state index is -4.12. The van der Waals surface area contributed by atoms with Gasteiger partial charge in [-0.3, -0.25) is 4.72 Å². The van der Waals surface area contributed by atoms with E-state index in [1.54, 1.807) is 25.1 Å². The zero-order valence-electron chi connectivity index (χ0n) is 11.4. The fourth-order valence-electron chi connectivity index (χ4n) is 1.88. The lowest BCUT2D eigenvalue weighted by Gasteiger charge is -2.12. The highest BCUT2D eigenvalue weighted by atomic mass is 79.9. The largest absolute Gasteiger partial charge is 0.506 e. The Morgan fingerprint density at radius 1 is 1.23 bits per heavy atom. The molecule has 0 aliphatic rings. The van der Waals surface area contributed by atoms with E-state index in [1.165, 1.54) is 18.2 Å². The van der Waals surface area contributed by atoms with E-state index in [-0.39, 0.29) is 5.69 Å². The molecule has 2 aromatic rings. The van der Waals surface area contributed by atoms with Crippen LogP contribution in [0.25, 0.3) is 0 Å². The van der Waals surface area contributed by atoms with Crippen molar-refractivity contribution in [3.63, 3.8) is 0 Å². The third kappa shape index (κ3) is 3.40. The molecule has 0 aliphatic heterocycles. The van der Waals surface area contributed by atoms with Gasteiger partial charge in [-0.2, -0.15) is 0 Å². The fourth-order valence-corrected chi connectivity index (χ4v) is 3.53. The predicted molar refractivity (Wildman–Crippen MR) is 84.8 cm³/mol. The summed E-state index contributed by atoms with van der Waals surface area (Å²) in [7, 11) is -4.12. The Balaban J connectivity index is 2.52. The van der Waals surface area contributed by atoms with E-state index in [1.807, 2.05) is 0 Å². The molecule has 8 heteroatoms. The molecule has 22 heavy (non-hydrogen) atoms. The van der Waals surface area contributed by atoms with Crippen LogP contribution in [0.1, 0.15) is 15.9 Å². The number of carbonyl (C=O) groups is 1. The summed E-state index contributed by atoms with van der Waals surface area (Å²) in [6.45, 7) is 1.55. The van der Waals surface area contributed by atoms with Gasteiger partial charge in [-0.25, -0.2) is 13.2 Å². The van der Waals surface area contributed by atoms with Crippen LogP contribution in [0, 0.1) is 6.92 Å². The third-order valence-electron chi connectivity index (χ3n) is 2.82. The first-order chi connectivity index (χ1) is 10.2. The zero-order valence-corrected chi connectivity index (χ0v) is 13.8. The van der Waals surface area contributed by atoms with Crippen LogP contribution in [-0.2, 0) is 10.0 Å². The van der Waals surface area contributed by atoms with Crippen molar-refractivity contribution in [1.82, 2.24) is 0 Å². The third-order valence-corrected chi connectivity index (χ3v) is 4.70. The molecule has 0 aromatic heterocycles. The molecule has 3 N–H and O–H groups in total. The van der Waals surface area contributed by atoms with Gasteiger partial charge in [0.1, 0.15) is 10.5 Å². The lowest BCUT2D eigenvalue weighted by Crippen LogP contribution is -2.14. The normalized spacial score (nSPS) is 11.2. The highest BCUT2D eigenvalue weighted by Gasteiger charge is 2.24. The molecule has 0 atom stereocenters. The van der Waals surface area contributed by atoms with Gasteiger partial charge in [0.25, 0.3) is 10.0 Å². The second-order valence-corrected chi connectivity index (χ2v) is 7.15. The predicted octanol–water partition coefficient (Wildman–Crippen LogP) is 2.96. The van der Waals surface area contributed by atoms with Crippen LogP contribution in [0.4, 0.5) is 5.69 Å². The summed E-state index contributed by atoms with van der Waals surface area (Å²) in [4.78, 5) is 10.6. The second kappa shape index (κ2) is 5.98. The van der Waals surface area contributed by atoms with Crippen molar-refractivity contribution in [2.45, 2.75) is 11.8 Å². The summed E-state index contributed by atoms with van der Waals surface area (Å²) in [6, 6.07) is 8.86. The van der Waals surface area contributed by atoms with Gasteiger partial charge in [0, 0.05) is 10.2 Å². The molecule has 0 heterocycles. The number of sulfonamides is 1. The lowest BCUT2D eigenvalue weighted by atomic mass is 10.1. The Bertz CT molecular complexity index is 848. The van der Waals surface area contributed by atoms with Crippen molar-refractivity contribution in [3.8, 4) is 5.75 Å². The van der Waals surface area contributed by atoms with Crippen molar-refractivity contribution in [2.75, 3.05) is 4.72 Å². The van der Waals surface area contributed by atoms with Gasteiger partial charge in [0.2, 0.25) is 0 Å². The Morgan fingerprint density at radius 3 is 2.50 bits per heavy atom. The van der Waals surface area contributed by atoms with E-state index >= 15 is 0 Å². The van der Waals surface area contributed by atoms with Gasteiger partial charge in [0.15, 0.2) is 5.75 Å². The molecule has 0 aliphatic carbocycles. The molecule has 0 bridgehead atoms. The number of hydrogen-bond donors (Lipinski definition) is 3. The molecule has 2 rings (SSSR count). The molecule has 0 saturated carbocycles. The molecule has 0 unspecified atom stereocenters. The van der Waals surface area contributed by atoms with E-state index < -0.39 is 32.2 Å². The summed E-state index contributed by atoms with van der Waals surface area (Å²) >= 11 is 3.22. The second-order valence-electron chi connectivity index (χ2n) is 4.58. The zero-order chi connectivity index (χ0) is 16.5. The van der Waals surface area contributed by atoms with E-state index in [0.717, 1.165) is 0 Å². The van der Waals surface area contributed by atoms with E-state index in [2.05, 4.69) is 20.7 Å². The van der Waals surface area contributed by atoms with Gasteiger partial charge >= 0.3 is 5.97 Å². The number of hydrogen-bond acceptors (Lipinski definition) is 4. The van der Waals surface area contributed by atoms with E-state index in [0.29, 0.717) is 10.0 Å². The minimum Gasteiger partial charge on any atom is -0.506 e. The smallest absolute Gasteiger partial charge is 0.339 e. The number of phenols is 1. The maximum absolute atomic E-state index is 12.4. The Kier molecular flexibility index (Phi) is 4.43. The van der Waals surface area contributed by atoms with Crippen LogP contribution in [0.3, 0.4) is 0 Å². The molecule has 116 valence electrons. The molecular weight excluding hydrogens is 374 g/mol. The Labute approximate surface area is 135 Å². The lowest BCUT2D eigenvalue weighted by molar-refractivity contribution is 0.0693. The van der Waals surface area contributed by atoms with Crippen molar-refractivity contribution < 1.29 is 23.4 Å². The molecule has 0 amide bonds. The summed E-state index contributed by atoms with van der Waals surface area (Å²) in [5.41, 5.74) is 0.228. The summed E-state index contributed by atoms with van der Waals surface area (Å²) in [5, 5.41) is 19.0. The number of carboxylic acid groups (broad SMARTS) is 1. The van der Waals surface area contributed by atoms with Crippen LogP contribution in [0.2, 0.25) is 0 Å². The number of aryl methyl sites for hydroxylation is 1. The number of carboxylic acids is 1. The van der Waals surface area contributed by atoms with Crippen molar-refractivity contribution >= 4 is 37.6 Å². The molecule has 0 fully saturated rings. The average Bonchev–Trinajstić information content (AvgIpc) is 2.40. The number of halogens is 1. The monoisotopic (exact) mass is 385 g/mol. The maximum atomic E-state index is 12.4. The highest BCUT2D eigenvalue weighted by Crippen LogP contribution is 2.30. The van der Waals surface area contributed by atoms with Crippen molar-refractivity contribution in [3.05, 3.63) is 52.0 Å². The minimum absolute atomic E-state index is 0.284. The topological polar surface area (TPSA) is 104 Å². The first-order valence-electron chi connectivity index (χ1n) is 6.06. The highest BCUT2D eigenvalue weighted by molar-refractivity contribution is 9.10. The van der Waals surface area contributed by atoms with Crippen LogP contribution < -0.4 is 4.72 Å². The molecule has 6 nitrogen and oxygen atoms in total. The first-order valence-corrected chi connectivity index (χ1v) is 8.33. The van der Waals surface area contributed by atoms with Crippen LogP contribution in [-0.4, -0.2) is 24.6 Å². The van der Waals surface area contributed by atoms with Gasteiger partial charge in [-0.05, 0) is 42.8 Å². The molecular formula is C14H12BrNO5S. The first kappa shape index (κ1) is 16.3. The quantitative estimate of drug-likeness (QED) is 0.750. The van der Waals surface area contributed by atoms with Gasteiger partial charge < -0.3 is 10.2 Å². The number of nitrogens with one attached hydrogen (secondary N) is 1. The standard InChI is InChI=1S/C14H12BrNO5S/c1-8-5-11(14(18)19)13(17)12(6-8)22(20,21)16-10-4-2-3-9(15)7-10/h2-7,16-17H,1H3,(H,18,19). The molecule has 0 spiro atoms. The molecule has 0 radical (unpaired) electrons. The summed E-state index contributed by atoms with van der Waals surface area (Å²) in [5.74, 6) is -2.19. The number of benzene rings is 2. The summed E-state index contributed by atoms with van der Waals surface area (Å²) < 4.78 is 27.7. The van der Waals surface area contributed by atoms with Gasteiger partial charge in [-0.15, -0.1) is 0 Å². The SMILES string of the molecule is Cc1cc(C(=O)O)c(O)c(S(=O)(=O)Nc2cccc(Br)c2)c1. The maximum Gasteiger partial charge on any atom is 0.339 e. The molecule has 0 saturated heterocycles. The number of aromatic carboxylic acids is 1. The Morgan fingerprint density at radius 2 is 1.91 bits per heavy atom. The van der Waals surface area contributed by atoms with Crippen molar-refractivity contribution in [2.24, 2.45) is 0 Å². The molecule has 2 aromatic carbocycles. The van der Waals surface area contributed by atoms with Crippen molar-refractivity contribution in [1.29, 1.82) is 0 Å². The van der Waals surface area contributed by atoms with Gasteiger partial charge in [0.05, 0.1) is 0 Å². The van der Waals surface area contributed by atoms with Crippen LogP contribution in [0.15, 0.2) is 45.8 Å².